The number of nitrogens with zero attached hydrogens (tertiary/aromatic N) is 3. The Hall–Kier alpha value is -2.93. The second kappa shape index (κ2) is 5.37. The molecular weight excluding hydrogens is 248 g/mol. The highest BCUT2D eigenvalue weighted by atomic mass is 15.2. The molecule has 1 aromatic heterocycles. The van der Waals surface area contributed by atoms with E-state index >= 15 is 0 Å². The van der Waals surface area contributed by atoms with Crippen molar-refractivity contribution in [2.75, 3.05) is 0 Å². The number of nitriles is 1. The average Bonchev–Trinajstić information content (AvgIpc) is 3.03. The standard InChI is InChI=1S/C16H12N4/c17-10-13-8-4-5-9-14(13)15(16-18-11-19-20-16)12-6-2-1-3-7-12/h1-9,11,15H,(H,18,19,20). The van der Waals surface area contributed by atoms with Gasteiger partial charge in [-0.25, -0.2) is 4.98 Å². The fourth-order valence-corrected chi connectivity index (χ4v) is 2.33. The molecule has 1 unspecified atom stereocenters. The van der Waals surface area contributed by atoms with E-state index < -0.39 is 0 Å². The molecule has 0 saturated carbocycles. The van der Waals surface area contributed by atoms with Crippen LogP contribution in [0.4, 0.5) is 0 Å². The lowest BCUT2D eigenvalue weighted by Crippen LogP contribution is -2.07. The van der Waals surface area contributed by atoms with Gasteiger partial charge in [0.2, 0.25) is 0 Å². The van der Waals surface area contributed by atoms with E-state index in [9.17, 15) is 5.26 Å². The Balaban J connectivity index is 2.19. The zero-order chi connectivity index (χ0) is 13.8. The summed E-state index contributed by atoms with van der Waals surface area (Å²) in [4.78, 5) is 4.27. The lowest BCUT2D eigenvalue weighted by atomic mass is 9.88. The highest BCUT2D eigenvalue weighted by molar-refractivity contribution is 5.47. The topological polar surface area (TPSA) is 65.4 Å². The van der Waals surface area contributed by atoms with Crippen LogP contribution in [0, 0.1) is 11.3 Å². The van der Waals surface area contributed by atoms with Crippen LogP contribution in [0.1, 0.15) is 28.4 Å². The minimum absolute atomic E-state index is 0.116. The SMILES string of the molecule is N#Cc1ccccc1C(c1ccccc1)c1ncn[nH]1. The summed E-state index contributed by atoms with van der Waals surface area (Å²) in [6, 6.07) is 19.8. The fraction of sp³-hybridized carbons (Fsp3) is 0.0625. The monoisotopic (exact) mass is 260 g/mol. The number of H-pyrrole nitrogens is 1. The van der Waals surface area contributed by atoms with Crippen molar-refractivity contribution in [2.24, 2.45) is 0 Å². The first-order chi connectivity index (χ1) is 9.90. The lowest BCUT2D eigenvalue weighted by molar-refractivity contribution is 0.859. The summed E-state index contributed by atoms with van der Waals surface area (Å²) in [6.07, 6.45) is 1.49. The zero-order valence-corrected chi connectivity index (χ0v) is 10.7. The quantitative estimate of drug-likeness (QED) is 0.787. The molecule has 0 radical (unpaired) electrons. The van der Waals surface area contributed by atoms with Crippen molar-refractivity contribution in [3.8, 4) is 6.07 Å². The second-order valence-corrected chi connectivity index (χ2v) is 4.41. The van der Waals surface area contributed by atoms with Gasteiger partial charge in [-0.15, -0.1) is 0 Å². The predicted octanol–water partition coefficient (Wildman–Crippen LogP) is 2.86. The first-order valence-electron chi connectivity index (χ1n) is 6.29. The van der Waals surface area contributed by atoms with Crippen LogP contribution < -0.4 is 0 Å². The van der Waals surface area contributed by atoms with Gasteiger partial charge in [0.25, 0.3) is 0 Å². The van der Waals surface area contributed by atoms with Crippen LogP contribution >= 0.6 is 0 Å². The van der Waals surface area contributed by atoms with Gasteiger partial charge in [0.15, 0.2) is 0 Å². The van der Waals surface area contributed by atoms with Crippen LogP contribution in [0.15, 0.2) is 60.9 Å². The van der Waals surface area contributed by atoms with Gasteiger partial charge >= 0.3 is 0 Å². The first kappa shape index (κ1) is 12.1. The van der Waals surface area contributed by atoms with Crippen molar-refractivity contribution in [2.45, 2.75) is 5.92 Å². The number of aromatic nitrogens is 3. The molecular formula is C16H12N4. The summed E-state index contributed by atoms with van der Waals surface area (Å²) in [5.74, 6) is 0.619. The number of rotatable bonds is 3. The van der Waals surface area contributed by atoms with Crippen molar-refractivity contribution < 1.29 is 0 Å². The van der Waals surface area contributed by atoms with E-state index in [0.717, 1.165) is 17.0 Å². The van der Waals surface area contributed by atoms with E-state index in [1.807, 2.05) is 54.6 Å². The maximum atomic E-state index is 9.32. The van der Waals surface area contributed by atoms with Crippen molar-refractivity contribution in [1.82, 2.24) is 15.2 Å². The third-order valence-electron chi connectivity index (χ3n) is 3.23. The molecule has 0 amide bonds. The molecule has 2 aromatic carbocycles. The minimum Gasteiger partial charge on any atom is -0.263 e. The normalized spacial score (nSPS) is 11.8. The van der Waals surface area contributed by atoms with Gasteiger partial charge in [-0.3, -0.25) is 5.10 Å². The van der Waals surface area contributed by atoms with Gasteiger partial charge in [-0.1, -0.05) is 48.5 Å². The Morgan fingerprint density at radius 3 is 2.45 bits per heavy atom. The summed E-state index contributed by atoms with van der Waals surface area (Å²) in [7, 11) is 0. The minimum atomic E-state index is -0.116. The molecule has 0 bridgehead atoms. The molecule has 1 atom stereocenters. The molecule has 0 fully saturated rings. The third kappa shape index (κ3) is 2.17. The van der Waals surface area contributed by atoms with E-state index in [2.05, 4.69) is 21.3 Å². The summed E-state index contributed by atoms with van der Waals surface area (Å²) in [6.45, 7) is 0. The predicted molar refractivity (Wildman–Crippen MR) is 74.9 cm³/mol. The van der Waals surface area contributed by atoms with Crippen molar-refractivity contribution in [1.29, 1.82) is 5.26 Å². The van der Waals surface area contributed by atoms with Crippen LogP contribution in [0.3, 0.4) is 0 Å². The summed E-state index contributed by atoms with van der Waals surface area (Å²) in [5, 5.41) is 16.2. The summed E-state index contributed by atoms with van der Waals surface area (Å²) < 4.78 is 0. The van der Waals surface area contributed by atoms with Gasteiger partial charge in [-0.05, 0) is 17.2 Å². The molecule has 0 aliphatic heterocycles. The van der Waals surface area contributed by atoms with Crippen LogP contribution in [0.2, 0.25) is 0 Å². The van der Waals surface area contributed by atoms with Crippen LogP contribution in [0.25, 0.3) is 0 Å². The van der Waals surface area contributed by atoms with E-state index in [-0.39, 0.29) is 5.92 Å². The van der Waals surface area contributed by atoms with Crippen LogP contribution in [-0.4, -0.2) is 15.2 Å². The lowest BCUT2D eigenvalue weighted by Gasteiger charge is -2.16. The summed E-state index contributed by atoms with van der Waals surface area (Å²) in [5.41, 5.74) is 2.66. The largest absolute Gasteiger partial charge is 0.263 e. The van der Waals surface area contributed by atoms with Gasteiger partial charge in [0.1, 0.15) is 12.2 Å². The number of hydrogen-bond acceptors (Lipinski definition) is 3. The number of benzene rings is 2. The third-order valence-corrected chi connectivity index (χ3v) is 3.23. The van der Waals surface area contributed by atoms with Gasteiger partial charge in [-0.2, -0.15) is 10.4 Å². The molecule has 20 heavy (non-hydrogen) atoms. The molecule has 1 N–H and O–H groups in total. The van der Waals surface area contributed by atoms with Crippen molar-refractivity contribution in [3.63, 3.8) is 0 Å². The summed E-state index contributed by atoms with van der Waals surface area (Å²) >= 11 is 0. The van der Waals surface area contributed by atoms with Crippen LogP contribution in [0.5, 0.6) is 0 Å². The Bertz CT molecular complexity index is 727. The maximum absolute atomic E-state index is 9.32. The van der Waals surface area contributed by atoms with E-state index in [1.54, 1.807) is 0 Å². The molecule has 0 spiro atoms. The van der Waals surface area contributed by atoms with Crippen LogP contribution in [-0.2, 0) is 0 Å². The smallest absolute Gasteiger partial charge is 0.137 e. The molecule has 0 aliphatic carbocycles. The van der Waals surface area contributed by atoms with Gasteiger partial charge in [0.05, 0.1) is 17.6 Å². The highest BCUT2D eigenvalue weighted by Crippen LogP contribution is 2.31. The van der Waals surface area contributed by atoms with E-state index in [4.69, 9.17) is 0 Å². The van der Waals surface area contributed by atoms with Crippen molar-refractivity contribution >= 4 is 0 Å². The fourth-order valence-electron chi connectivity index (χ4n) is 2.33. The maximum Gasteiger partial charge on any atom is 0.137 e. The molecule has 4 nitrogen and oxygen atoms in total. The number of aromatic amines is 1. The number of nitrogens with one attached hydrogen (secondary N) is 1. The Kier molecular flexibility index (Phi) is 3.25. The molecule has 1 heterocycles. The Labute approximate surface area is 116 Å². The average molecular weight is 260 g/mol. The van der Waals surface area contributed by atoms with E-state index in [1.165, 1.54) is 6.33 Å². The molecule has 0 saturated heterocycles. The Morgan fingerprint density at radius 2 is 1.75 bits per heavy atom. The molecule has 0 aliphatic rings. The Morgan fingerprint density at radius 1 is 1.00 bits per heavy atom. The molecule has 4 heteroatoms. The molecule has 96 valence electrons. The van der Waals surface area contributed by atoms with Gasteiger partial charge < -0.3 is 0 Å². The van der Waals surface area contributed by atoms with E-state index in [0.29, 0.717) is 5.56 Å². The molecule has 3 aromatic rings. The molecule has 3 rings (SSSR count). The zero-order valence-electron chi connectivity index (χ0n) is 10.7. The van der Waals surface area contributed by atoms with Crippen molar-refractivity contribution in [3.05, 3.63) is 83.4 Å². The number of hydrogen-bond donors (Lipinski definition) is 1. The van der Waals surface area contributed by atoms with Gasteiger partial charge in [0, 0.05) is 0 Å². The second-order valence-electron chi connectivity index (χ2n) is 4.41. The highest BCUT2D eigenvalue weighted by Gasteiger charge is 2.21. The first-order valence-corrected chi connectivity index (χ1v) is 6.29.